The lowest BCUT2D eigenvalue weighted by Gasteiger charge is -2.36. The van der Waals surface area contributed by atoms with Gasteiger partial charge in [0.25, 0.3) is 11.7 Å². The summed E-state index contributed by atoms with van der Waals surface area (Å²) in [5.41, 5.74) is 0.200. The third-order valence-corrected chi connectivity index (χ3v) is 3.44. The van der Waals surface area contributed by atoms with Gasteiger partial charge in [0.2, 0.25) is 0 Å². The summed E-state index contributed by atoms with van der Waals surface area (Å²) in [7, 11) is 0. The lowest BCUT2D eigenvalue weighted by atomic mass is 9.80. The zero-order chi connectivity index (χ0) is 13.5. The minimum atomic E-state index is -0.674. The number of anilines is 1. The van der Waals surface area contributed by atoms with E-state index in [9.17, 15) is 15.2 Å². The fraction of sp³-hybridized carbons (Fsp3) is 0.417. The summed E-state index contributed by atoms with van der Waals surface area (Å²) in [5.74, 6) is 0. The zero-order valence-electron chi connectivity index (χ0n) is 10.1. The van der Waals surface area contributed by atoms with E-state index in [2.05, 4.69) is 10.3 Å². The number of aromatic nitrogens is 1. The summed E-state index contributed by atoms with van der Waals surface area (Å²) < 4.78 is 5.39. The van der Waals surface area contributed by atoms with Gasteiger partial charge >= 0.3 is 0 Å². The Bertz CT molecular complexity index is 633. The molecular formula is C12H13N3O4. The zero-order valence-corrected chi connectivity index (χ0v) is 10.1. The molecule has 0 aliphatic heterocycles. The minimum Gasteiger partial charge on any atom is -0.423 e. The van der Waals surface area contributed by atoms with E-state index in [0.717, 1.165) is 19.3 Å². The Labute approximate surface area is 108 Å². The van der Waals surface area contributed by atoms with Crippen LogP contribution in [0.2, 0.25) is 0 Å². The number of benzene rings is 1. The monoisotopic (exact) mass is 263 g/mol. The molecule has 0 bridgehead atoms. The number of oxazole rings is 1. The predicted molar refractivity (Wildman–Crippen MR) is 68.0 cm³/mol. The van der Waals surface area contributed by atoms with Crippen LogP contribution in [0.1, 0.15) is 19.3 Å². The molecule has 2 N–H and O–H groups in total. The number of hydrogen-bond acceptors (Lipinski definition) is 6. The van der Waals surface area contributed by atoms with Gasteiger partial charge in [-0.15, -0.1) is 0 Å². The standard InChI is InChI=1S/C12H13N3O4/c16-12(4-1-5-12)7-13-11-14-9-3-2-8(15(17)18)6-10(9)19-11/h2-3,6,16H,1,4-5,7H2,(H,13,14). The highest BCUT2D eigenvalue weighted by atomic mass is 16.6. The van der Waals surface area contributed by atoms with Crippen LogP contribution in [-0.2, 0) is 0 Å². The summed E-state index contributed by atoms with van der Waals surface area (Å²) in [6.07, 6.45) is 2.56. The SMILES string of the molecule is O=[N+]([O-])c1ccc2nc(NCC3(O)CCC3)oc2c1. The van der Waals surface area contributed by atoms with Crippen molar-refractivity contribution in [2.24, 2.45) is 0 Å². The summed E-state index contributed by atoms with van der Waals surface area (Å²) >= 11 is 0. The van der Waals surface area contributed by atoms with Crippen molar-refractivity contribution in [3.05, 3.63) is 28.3 Å². The van der Waals surface area contributed by atoms with Crippen molar-refractivity contribution in [1.29, 1.82) is 0 Å². The number of hydrogen-bond donors (Lipinski definition) is 2. The highest BCUT2D eigenvalue weighted by Crippen LogP contribution is 2.32. The van der Waals surface area contributed by atoms with Gasteiger partial charge in [0.1, 0.15) is 5.52 Å². The number of aliphatic hydroxyl groups is 1. The van der Waals surface area contributed by atoms with Gasteiger partial charge in [0, 0.05) is 12.6 Å². The van der Waals surface area contributed by atoms with Crippen molar-refractivity contribution in [3.8, 4) is 0 Å². The van der Waals surface area contributed by atoms with Gasteiger partial charge in [-0.05, 0) is 25.3 Å². The van der Waals surface area contributed by atoms with Gasteiger partial charge < -0.3 is 14.8 Å². The molecule has 0 amide bonds. The largest absolute Gasteiger partial charge is 0.423 e. The smallest absolute Gasteiger partial charge is 0.295 e. The third-order valence-electron chi connectivity index (χ3n) is 3.44. The van der Waals surface area contributed by atoms with E-state index < -0.39 is 10.5 Å². The van der Waals surface area contributed by atoms with Crippen LogP contribution in [0.15, 0.2) is 22.6 Å². The molecule has 1 aromatic heterocycles. The molecule has 0 unspecified atom stereocenters. The molecule has 100 valence electrons. The maximum Gasteiger partial charge on any atom is 0.295 e. The lowest BCUT2D eigenvalue weighted by Crippen LogP contribution is -2.43. The number of nitro groups is 1. The van der Waals surface area contributed by atoms with E-state index in [1.165, 1.54) is 12.1 Å². The molecule has 7 nitrogen and oxygen atoms in total. The van der Waals surface area contributed by atoms with E-state index in [-0.39, 0.29) is 11.7 Å². The number of rotatable bonds is 4. The number of fused-ring (bicyclic) bond motifs is 1. The lowest BCUT2D eigenvalue weighted by molar-refractivity contribution is -0.384. The van der Waals surface area contributed by atoms with Crippen LogP contribution in [0, 0.1) is 10.1 Å². The van der Waals surface area contributed by atoms with Crippen LogP contribution in [0.25, 0.3) is 11.1 Å². The second kappa shape index (κ2) is 4.20. The molecule has 0 spiro atoms. The molecule has 0 saturated heterocycles. The molecule has 1 fully saturated rings. The summed E-state index contributed by atoms with van der Waals surface area (Å²) in [6, 6.07) is 4.54. The van der Waals surface area contributed by atoms with Gasteiger partial charge in [0.05, 0.1) is 16.6 Å². The van der Waals surface area contributed by atoms with Crippen molar-refractivity contribution in [1.82, 2.24) is 4.98 Å². The molecule has 1 aliphatic rings. The van der Waals surface area contributed by atoms with Crippen LogP contribution in [0.5, 0.6) is 0 Å². The second-order valence-corrected chi connectivity index (χ2v) is 4.86. The van der Waals surface area contributed by atoms with Crippen LogP contribution >= 0.6 is 0 Å². The first kappa shape index (κ1) is 11.9. The van der Waals surface area contributed by atoms with Crippen LogP contribution in [0.4, 0.5) is 11.7 Å². The molecule has 2 aromatic rings. The average Bonchev–Trinajstić information content (AvgIpc) is 2.75. The first-order chi connectivity index (χ1) is 9.06. The molecule has 1 aliphatic carbocycles. The van der Waals surface area contributed by atoms with Crippen LogP contribution < -0.4 is 5.32 Å². The topological polar surface area (TPSA) is 101 Å². The molecule has 0 atom stereocenters. The fourth-order valence-corrected chi connectivity index (χ4v) is 2.10. The molecule has 3 rings (SSSR count). The molecule has 1 saturated carbocycles. The first-order valence-corrected chi connectivity index (χ1v) is 6.07. The van der Waals surface area contributed by atoms with Crippen molar-refractivity contribution in [2.75, 3.05) is 11.9 Å². The van der Waals surface area contributed by atoms with E-state index in [0.29, 0.717) is 17.6 Å². The van der Waals surface area contributed by atoms with E-state index in [1.807, 2.05) is 0 Å². The first-order valence-electron chi connectivity index (χ1n) is 6.07. The Hall–Kier alpha value is -2.15. The van der Waals surface area contributed by atoms with Crippen LogP contribution in [-0.4, -0.2) is 27.2 Å². The van der Waals surface area contributed by atoms with Crippen molar-refractivity contribution >= 4 is 22.8 Å². The van der Waals surface area contributed by atoms with Crippen molar-refractivity contribution < 1.29 is 14.4 Å². The Kier molecular flexibility index (Phi) is 2.63. The molecule has 19 heavy (non-hydrogen) atoms. The molecule has 1 heterocycles. The van der Waals surface area contributed by atoms with Gasteiger partial charge in [0.15, 0.2) is 5.58 Å². The summed E-state index contributed by atoms with van der Waals surface area (Å²) in [5, 5.41) is 23.5. The van der Waals surface area contributed by atoms with Crippen molar-refractivity contribution in [3.63, 3.8) is 0 Å². The Morgan fingerprint density at radius 3 is 2.95 bits per heavy atom. The minimum absolute atomic E-state index is 0.0344. The highest BCUT2D eigenvalue weighted by molar-refractivity contribution is 5.77. The number of nitro benzene ring substituents is 1. The normalized spacial score (nSPS) is 17.1. The molecule has 0 radical (unpaired) electrons. The van der Waals surface area contributed by atoms with Gasteiger partial charge in [-0.2, -0.15) is 4.98 Å². The van der Waals surface area contributed by atoms with Crippen molar-refractivity contribution in [2.45, 2.75) is 24.9 Å². The van der Waals surface area contributed by atoms with Crippen LogP contribution in [0.3, 0.4) is 0 Å². The summed E-state index contributed by atoms with van der Waals surface area (Å²) in [6.45, 7) is 0.377. The fourth-order valence-electron chi connectivity index (χ4n) is 2.10. The average molecular weight is 263 g/mol. The maximum atomic E-state index is 10.6. The predicted octanol–water partition coefficient (Wildman–Crippen LogP) is 2.06. The van der Waals surface area contributed by atoms with Gasteiger partial charge in [-0.25, -0.2) is 0 Å². The van der Waals surface area contributed by atoms with Gasteiger partial charge in [-0.3, -0.25) is 10.1 Å². The molecule has 1 aromatic carbocycles. The number of nitrogens with zero attached hydrogens (tertiary/aromatic N) is 2. The van der Waals surface area contributed by atoms with E-state index >= 15 is 0 Å². The summed E-state index contributed by atoms with van der Waals surface area (Å²) in [4.78, 5) is 14.3. The number of nitrogens with one attached hydrogen (secondary N) is 1. The van der Waals surface area contributed by atoms with Gasteiger partial charge in [-0.1, -0.05) is 0 Å². The third kappa shape index (κ3) is 2.24. The molecular weight excluding hydrogens is 250 g/mol. The highest BCUT2D eigenvalue weighted by Gasteiger charge is 2.34. The Balaban J connectivity index is 1.79. The maximum absolute atomic E-state index is 10.6. The van der Waals surface area contributed by atoms with E-state index in [4.69, 9.17) is 4.42 Å². The second-order valence-electron chi connectivity index (χ2n) is 4.86. The Morgan fingerprint density at radius 2 is 2.32 bits per heavy atom. The molecule has 7 heteroatoms. The quantitative estimate of drug-likeness (QED) is 0.646. The Morgan fingerprint density at radius 1 is 1.53 bits per heavy atom. The van der Waals surface area contributed by atoms with E-state index in [1.54, 1.807) is 6.07 Å². The number of non-ortho nitro benzene ring substituents is 1.